The molecule has 2 aromatic carbocycles. The highest BCUT2D eigenvalue weighted by atomic mass is 16.3. The third-order valence-electron chi connectivity index (χ3n) is 3.74. The highest BCUT2D eigenvalue weighted by Gasteiger charge is 2.13. The number of ketones is 1. The zero-order valence-corrected chi connectivity index (χ0v) is 12.3. The standard InChI is InChI=1S/C19H18O2/c1-3-14-5-7-15(8-6-14)11-17(20)19-12-16-10-13(2)4-9-18(16)21-19/h4-10,12H,3,11H2,1-2H3. The molecule has 0 N–H and O–H groups in total. The number of rotatable bonds is 4. The van der Waals surface area contributed by atoms with Crippen LogP contribution >= 0.6 is 0 Å². The van der Waals surface area contributed by atoms with Gasteiger partial charge in [-0.1, -0.05) is 42.8 Å². The van der Waals surface area contributed by atoms with Gasteiger partial charge in [0.25, 0.3) is 0 Å². The van der Waals surface area contributed by atoms with Crippen LogP contribution in [0.3, 0.4) is 0 Å². The fourth-order valence-corrected chi connectivity index (χ4v) is 2.47. The summed E-state index contributed by atoms with van der Waals surface area (Å²) in [6.07, 6.45) is 1.39. The molecule has 0 saturated heterocycles. The van der Waals surface area contributed by atoms with Crippen molar-refractivity contribution in [1.82, 2.24) is 0 Å². The topological polar surface area (TPSA) is 30.2 Å². The van der Waals surface area contributed by atoms with Gasteiger partial charge in [0.05, 0.1) is 0 Å². The van der Waals surface area contributed by atoms with Crippen LogP contribution in [0.5, 0.6) is 0 Å². The second-order valence-electron chi connectivity index (χ2n) is 5.42. The van der Waals surface area contributed by atoms with Crippen molar-refractivity contribution in [1.29, 1.82) is 0 Å². The van der Waals surface area contributed by atoms with Gasteiger partial charge in [-0.3, -0.25) is 4.79 Å². The minimum atomic E-state index is 0.0214. The van der Waals surface area contributed by atoms with Crippen LogP contribution in [-0.2, 0) is 12.8 Å². The van der Waals surface area contributed by atoms with E-state index in [4.69, 9.17) is 4.42 Å². The maximum atomic E-state index is 12.3. The molecule has 1 heterocycles. The molecule has 0 unspecified atom stereocenters. The maximum absolute atomic E-state index is 12.3. The number of aryl methyl sites for hydroxylation is 2. The minimum absolute atomic E-state index is 0.0214. The SMILES string of the molecule is CCc1ccc(CC(=O)c2cc3cc(C)ccc3o2)cc1. The zero-order valence-electron chi connectivity index (χ0n) is 12.3. The largest absolute Gasteiger partial charge is 0.453 e. The van der Waals surface area contributed by atoms with Crippen molar-refractivity contribution in [3.8, 4) is 0 Å². The van der Waals surface area contributed by atoms with Crippen molar-refractivity contribution in [2.45, 2.75) is 26.7 Å². The number of hydrogen-bond donors (Lipinski definition) is 0. The average Bonchev–Trinajstić information content (AvgIpc) is 2.91. The Hall–Kier alpha value is -2.35. The Morgan fingerprint density at radius 2 is 1.71 bits per heavy atom. The van der Waals surface area contributed by atoms with E-state index in [0.29, 0.717) is 12.2 Å². The number of furan rings is 1. The minimum Gasteiger partial charge on any atom is -0.453 e. The summed E-state index contributed by atoms with van der Waals surface area (Å²) in [7, 11) is 0. The number of fused-ring (bicyclic) bond motifs is 1. The van der Waals surface area contributed by atoms with Crippen molar-refractivity contribution in [3.63, 3.8) is 0 Å². The van der Waals surface area contributed by atoms with E-state index in [0.717, 1.165) is 28.5 Å². The number of carbonyl (C=O) groups excluding carboxylic acids is 1. The van der Waals surface area contributed by atoms with Crippen molar-refractivity contribution >= 4 is 16.8 Å². The summed E-state index contributed by atoms with van der Waals surface area (Å²) in [5.74, 6) is 0.461. The van der Waals surface area contributed by atoms with Crippen LogP contribution in [0.2, 0.25) is 0 Å². The van der Waals surface area contributed by atoms with Gasteiger partial charge < -0.3 is 4.42 Å². The van der Waals surface area contributed by atoms with E-state index in [1.807, 2.05) is 43.3 Å². The molecule has 0 saturated carbocycles. The lowest BCUT2D eigenvalue weighted by Gasteiger charge is -2.01. The number of carbonyl (C=O) groups is 1. The van der Waals surface area contributed by atoms with Crippen LogP contribution in [0.1, 0.15) is 34.2 Å². The lowest BCUT2D eigenvalue weighted by molar-refractivity contribution is 0.0968. The summed E-state index contributed by atoms with van der Waals surface area (Å²) in [6.45, 7) is 4.15. The molecule has 0 radical (unpaired) electrons. The molecule has 0 amide bonds. The molecular formula is C19H18O2. The van der Waals surface area contributed by atoms with E-state index in [-0.39, 0.29) is 5.78 Å². The lowest BCUT2D eigenvalue weighted by atomic mass is 10.0. The summed E-state index contributed by atoms with van der Waals surface area (Å²) in [5.41, 5.74) is 4.24. The highest BCUT2D eigenvalue weighted by molar-refractivity contribution is 5.98. The van der Waals surface area contributed by atoms with Gasteiger partial charge in [0.1, 0.15) is 5.58 Å². The molecule has 2 heteroatoms. The second kappa shape index (κ2) is 5.57. The third kappa shape index (κ3) is 2.89. The monoisotopic (exact) mass is 278 g/mol. The van der Waals surface area contributed by atoms with Gasteiger partial charge in [-0.15, -0.1) is 0 Å². The van der Waals surface area contributed by atoms with Gasteiger partial charge in [0.15, 0.2) is 5.76 Å². The predicted molar refractivity (Wildman–Crippen MR) is 84.8 cm³/mol. The van der Waals surface area contributed by atoms with Gasteiger partial charge in [0, 0.05) is 11.8 Å². The molecule has 0 aliphatic carbocycles. The first-order valence-electron chi connectivity index (χ1n) is 7.27. The molecule has 0 spiro atoms. The van der Waals surface area contributed by atoms with Gasteiger partial charge in [-0.05, 0) is 42.7 Å². The zero-order chi connectivity index (χ0) is 14.8. The second-order valence-corrected chi connectivity index (χ2v) is 5.42. The first kappa shape index (κ1) is 13.6. The Bertz CT molecular complexity index is 779. The summed E-state index contributed by atoms with van der Waals surface area (Å²) in [6, 6.07) is 16.0. The first-order valence-corrected chi connectivity index (χ1v) is 7.27. The van der Waals surface area contributed by atoms with Gasteiger partial charge in [-0.2, -0.15) is 0 Å². The van der Waals surface area contributed by atoms with Crippen molar-refractivity contribution in [2.75, 3.05) is 0 Å². The van der Waals surface area contributed by atoms with Crippen molar-refractivity contribution in [2.24, 2.45) is 0 Å². The third-order valence-corrected chi connectivity index (χ3v) is 3.74. The first-order chi connectivity index (χ1) is 10.2. The lowest BCUT2D eigenvalue weighted by Crippen LogP contribution is -2.01. The number of hydrogen-bond acceptors (Lipinski definition) is 2. The molecule has 0 aliphatic heterocycles. The fourth-order valence-electron chi connectivity index (χ4n) is 2.47. The van der Waals surface area contributed by atoms with E-state index < -0.39 is 0 Å². The molecule has 3 aromatic rings. The molecule has 2 nitrogen and oxygen atoms in total. The van der Waals surface area contributed by atoms with Gasteiger partial charge in [-0.25, -0.2) is 0 Å². The Balaban J connectivity index is 1.82. The number of benzene rings is 2. The predicted octanol–water partition coefficient (Wildman–Crippen LogP) is 4.73. The van der Waals surface area contributed by atoms with Crippen LogP contribution < -0.4 is 0 Å². The summed E-state index contributed by atoms with van der Waals surface area (Å²) in [5, 5.41) is 0.986. The average molecular weight is 278 g/mol. The van der Waals surface area contributed by atoms with Gasteiger partial charge in [0.2, 0.25) is 5.78 Å². The Morgan fingerprint density at radius 3 is 2.43 bits per heavy atom. The molecule has 0 atom stereocenters. The maximum Gasteiger partial charge on any atom is 0.202 e. The van der Waals surface area contributed by atoms with Crippen LogP contribution in [0, 0.1) is 6.92 Å². The summed E-state index contributed by atoms with van der Waals surface area (Å²) < 4.78 is 5.65. The molecule has 0 bridgehead atoms. The van der Waals surface area contributed by atoms with E-state index >= 15 is 0 Å². The van der Waals surface area contributed by atoms with Crippen molar-refractivity contribution in [3.05, 3.63) is 71.0 Å². The van der Waals surface area contributed by atoms with E-state index in [1.54, 1.807) is 0 Å². The summed E-state index contributed by atoms with van der Waals surface area (Å²) >= 11 is 0. The summed E-state index contributed by atoms with van der Waals surface area (Å²) in [4.78, 5) is 12.3. The van der Waals surface area contributed by atoms with Crippen LogP contribution in [0.15, 0.2) is 52.9 Å². The quantitative estimate of drug-likeness (QED) is 0.646. The fraction of sp³-hybridized carbons (Fsp3) is 0.211. The Morgan fingerprint density at radius 1 is 1.00 bits per heavy atom. The Labute approximate surface area is 124 Å². The van der Waals surface area contributed by atoms with Crippen LogP contribution in [0.25, 0.3) is 11.0 Å². The smallest absolute Gasteiger partial charge is 0.202 e. The molecule has 1 aromatic heterocycles. The van der Waals surface area contributed by atoms with E-state index in [9.17, 15) is 4.79 Å². The molecule has 0 aliphatic rings. The number of Topliss-reactive ketones (excluding diaryl/α,β-unsaturated/α-hetero) is 1. The highest BCUT2D eigenvalue weighted by Crippen LogP contribution is 2.22. The van der Waals surface area contributed by atoms with E-state index in [1.165, 1.54) is 5.56 Å². The molecule has 21 heavy (non-hydrogen) atoms. The Kier molecular flexibility index (Phi) is 3.61. The normalized spacial score (nSPS) is 11.0. The molecule has 0 fully saturated rings. The van der Waals surface area contributed by atoms with E-state index in [2.05, 4.69) is 19.1 Å². The molecule has 3 rings (SSSR count). The molecule has 106 valence electrons. The van der Waals surface area contributed by atoms with Gasteiger partial charge >= 0.3 is 0 Å². The molecular weight excluding hydrogens is 260 g/mol. The van der Waals surface area contributed by atoms with Crippen LogP contribution in [-0.4, -0.2) is 5.78 Å². The van der Waals surface area contributed by atoms with Crippen LogP contribution in [0.4, 0.5) is 0 Å². The van der Waals surface area contributed by atoms with Crippen molar-refractivity contribution < 1.29 is 9.21 Å².